The molecule has 0 saturated heterocycles. The molecule has 1 aliphatic rings. The Hall–Kier alpha value is -4.95. The number of rotatable bonds is 3. The lowest BCUT2D eigenvalue weighted by molar-refractivity contribution is -0.659. The fourth-order valence-corrected chi connectivity index (χ4v) is 7.33. The summed E-state index contributed by atoms with van der Waals surface area (Å²) in [6.45, 7) is 7.88. The minimum Gasteiger partial charge on any atom is -0.340 e. The molecule has 7 aromatic rings. The number of hydrogen-bond donors (Lipinski definition) is 0. The van der Waals surface area contributed by atoms with Gasteiger partial charge in [-0.2, -0.15) is 0 Å². The summed E-state index contributed by atoms with van der Waals surface area (Å²) in [6, 6.07) is 42.8. The Morgan fingerprint density at radius 1 is 0.558 bits per heavy atom. The fraction of sp³-hybridized carbons (Fsp3) is 0.146. The van der Waals surface area contributed by atoms with Crippen molar-refractivity contribution in [3.05, 3.63) is 127 Å². The number of fused-ring (bicyclic) bond motifs is 11. The Bertz CT molecular complexity index is 2210. The van der Waals surface area contributed by atoms with E-state index in [0.29, 0.717) is 5.92 Å². The molecule has 0 atom stereocenters. The monoisotopic (exact) mass is 555 g/mol. The molecule has 5 aromatic carbocycles. The molecule has 0 aliphatic heterocycles. The molecule has 0 saturated carbocycles. The molecule has 0 amide bonds. The molecule has 2 heterocycles. The first-order valence-electron chi connectivity index (χ1n) is 15.3. The summed E-state index contributed by atoms with van der Waals surface area (Å²) in [6.07, 6.45) is 2.24. The molecule has 8 rings (SSSR count). The van der Waals surface area contributed by atoms with Crippen molar-refractivity contribution in [3.63, 3.8) is 0 Å². The summed E-state index contributed by atoms with van der Waals surface area (Å²) >= 11 is 0. The molecule has 0 N–H and O–H groups in total. The first-order valence-corrected chi connectivity index (χ1v) is 15.3. The smallest absolute Gasteiger partial charge is 0.221 e. The van der Waals surface area contributed by atoms with E-state index in [0.717, 1.165) is 6.54 Å². The van der Waals surface area contributed by atoms with E-state index in [1.807, 2.05) is 0 Å². The number of para-hydroxylation sites is 1. The molecule has 0 bridgehead atoms. The van der Waals surface area contributed by atoms with Crippen molar-refractivity contribution in [2.75, 3.05) is 0 Å². The van der Waals surface area contributed by atoms with Crippen LogP contribution in [0.2, 0.25) is 0 Å². The Morgan fingerprint density at radius 2 is 1.09 bits per heavy atom. The SMILES string of the molecule is Cc1cc2c3ccccc3n(CC(C)C)c2cc1-c1c2c(cc[n+]1C)-c1ccccc1-c1ccccc1-c1ccccc1-2. The maximum atomic E-state index is 2.53. The predicted octanol–water partition coefficient (Wildman–Crippen LogP) is 10.2. The van der Waals surface area contributed by atoms with Gasteiger partial charge in [0, 0.05) is 40.0 Å². The van der Waals surface area contributed by atoms with Crippen molar-refractivity contribution >= 4 is 21.8 Å². The molecule has 208 valence electrons. The molecule has 0 spiro atoms. The highest BCUT2D eigenvalue weighted by Gasteiger charge is 2.30. The summed E-state index contributed by atoms with van der Waals surface area (Å²) < 4.78 is 4.86. The van der Waals surface area contributed by atoms with Crippen LogP contribution in [0.15, 0.2) is 121 Å². The zero-order chi connectivity index (χ0) is 29.2. The number of benzene rings is 5. The van der Waals surface area contributed by atoms with E-state index in [1.54, 1.807) is 0 Å². The highest BCUT2D eigenvalue weighted by Crippen LogP contribution is 2.50. The number of nitrogens with zero attached hydrogens (tertiary/aromatic N) is 2. The van der Waals surface area contributed by atoms with Crippen LogP contribution in [0.4, 0.5) is 0 Å². The number of pyridine rings is 1. The van der Waals surface area contributed by atoms with E-state index >= 15 is 0 Å². The maximum Gasteiger partial charge on any atom is 0.221 e. The second kappa shape index (κ2) is 9.81. The fourth-order valence-electron chi connectivity index (χ4n) is 7.33. The molecule has 2 heteroatoms. The Kier molecular flexibility index (Phi) is 5.87. The van der Waals surface area contributed by atoms with Gasteiger partial charge in [-0.3, -0.25) is 0 Å². The summed E-state index contributed by atoms with van der Waals surface area (Å²) in [5.74, 6) is 0.542. The summed E-state index contributed by atoms with van der Waals surface area (Å²) in [5.41, 5.74) is 16.6. The second-order valence-electron chi connectivity index (χ2n) is 12.4. The first kappa shape index (κ1) is 25.7. The van der Waals surface area contributed by atoms with E-state index in [4.69, 9.17) is 0 Å². The van der Waals surface area contributed by atoms with Gasteiger partial charge in [-0.25, -0.2) is 4.57 Å². The normalized spacial score (nSPS) is 12.0. The van der Waals surface area contributed by atoms with Gasteiger partial charge in [0.05, 0.1) is 11.1 Å². The van der Waals surface area contributed by atoms with Crippen molar-refractivity contribution in [2.45, 2.75) is 27.3 Å². The van der Waals surface area contributed by atoms with Crippen LogP contribution >= 0.6 is 0 Å². The minimum atomic E-state index is 0.542. The second-order valence-corrected chi connectivity index (χ2v) is 12.4. The van der Waals surface area contributed by atoms with E-state index in [2.05, 4.69) is 158 Å². The average molecular weight is 556 g/mol. The number of aryl methyl sites for hydroxylation is 2. The lowest BCUT2D eigenvalue weighted by Gasteiger charge is -2.24. The number of aromatic nitrogens is 2. The van der Waals surface area contributed by atoms with Gasteiger partial charge in [0.2, 0.25) is 5.69 Å². The summed E-state index contributed by atoms with van der Waals surface area (Å²) in [7, 11) is 2.20. The van der Waals surface area contributed by atoms with Crippen molar-refractivity contribution < 1.29 is 4.57 Å². The van der Waals surface area contributed by atoms with Crippen molar-refractivity contribution in [1.29, 1.82) is 0 Å². The molecule has 0 radical (unpaired) electrons. The van der Waals surface area contributed by atoms with Crippen molar-refractivity contribution in [1.82, 2.24) is 4.57 Å². The van der Waals surface area contributed by atoms with Gasteiger partial charge in [0.1, 0.15) is 7.05 Å². The van der Waals surface area contributed by atoms with Gasteiger partial charge in [-0.1, -0.05) is 105 Å². The van der Waals surface area contributed by atoms with Gasteiger partial charge >= 0.3 is 0 Å². The zero-order valence-electron chi connectivity index (χ0n) is 25.2. The molecule has 43 heavy (non-hydrogen) atoms. The van der Waals surface area contributed by atoms with Crippen molar-refractivity contribution in [2.24, 2.45) is 13.0 Å². The van der Waals surface area contributed by atoms with Gasteiger partial charge in [0.25, 0.3) is 0 Å². The third kappa shape index (κ3) is 3.90. The van der Waals surface area contributed by atoms with Crippen LogP contribution in [-0.4, -0.2) is 4.57 Å². The summed E-state index contributed by atoms with van der Waals surface area (Å²) in [4.78, 5) is 0. The minimum absolute atomic E-state index is 0.542. The Balaban J connectivity index is 1.51. The molecule has 0 unspecified atom stereocenters. The standard InChI is InChI=1S/C41H35N2/c1-26(2)25-43-38-20-12-11-18-33(38)37-23-27(3)36(24-39(37)43)41-40-34-19-10-9-16-31(34)29-14-6-5-13-28(29)30-15-7-8-17-32(30)35(40)21-22-42(41)4/h5-24,26H,25H2,1-4H3/q+1. The third-order valence-electron chi connectivity index (χ3n) is 9.17. The van der Waals surface area contributed by atoms with E-state index in [9.17, 15) is 0 Å². The molecule has 1 aliphatic carbocycles. The topological polar surface area (TPSA) is 8.81 Å². The average Bonchev–Trinajstić information content (AvgIpc) is 3.31. The van der Waals surface area contributed by atoms with Crippen LogP contribution in [0.3, 0.4) is 0 Å². The third-order valence-corrected chi connectivity index (χ3v) is 9.17. The van der Waals surface area contributed by atoms with Crippen LogP contribution in [-0.2, 0) is 13.6 Å². The lowest BCUT2D eigenvalue weighted by atomic mass is 9.79. The van der Waals surface area contributed by atoms with E-state index < -0.39 is 0 Å². The Labute approximate surface area is 253 Å². The van der Waals surface area contributed by atoms with E-state index in [-0.39, 0.29) is 0 Å². The summed E-state index contributed by atoms with van der Waals surface area (Å²) in [5, 5.41) is 2.66. The largest absolute Gasteiger partial charge is 0.340 e. The molecule has 2 nitrogen and oxygen atoms in total. The molecule has 0 fully saturated rings. The van der Waals surface area contributed by atoms with Gasteiger partial charge in [-0.15, -0.1) is 0 Å². The van der Waals surface area contributed by atoms with Gasteiger partial charge in [-0.05, 0) is 70.0 Å². The van der Waals surface area contributed by atoms with Crippen molar-refractivity contribution in [3.8, 4) is 55.8 Å². The predicted molar refractivity (Wildman–Crippen MR) is 181 cm³/mol. The van der Waals surface area contributed by atoms with Crippen LogP contribution < -0.4 is 4.57 Å². The van der Waals surface area contributed by atoms with Crippen LogP contribution in [0.1, 0.15) is 19.4 Å². The first-order chi connectivity index (χ1) is 21.0. The highest BCUT2D eigenvalue weighted by molar-refractivity contribution is 6.11. The van der Waals surface area contributed by atoms with E-state index in [1.165, 1.54) is 83.1 Å². The number of hydrogen-bond acceptors (Lipinski definition) is 0. The van der Waals surface area contributed by atoms with Crippen LogP contribution in [0.5, 0.6) is 0 Å². The maximum absolute atomic E-state index is 2.53. The van der Waals surface area contributed by atoms with Gasteiger partial charge < -0.3 is 4.57 Å². The quantitative estimate of drug-likeness (QED) is 0.192. The molecular weight excluding hydrogens is 520 g/mol. The lowest BCUT2D eigenvalue weighted by Crippen LogP contribution is -2.31. The van der Waals surface area contributed by atoms with Gasteiger partial charge in [0.15, 0.2) is 6.20 Å². The van der Waals surface area contributed by atoms with Crippen LogP contribution in [0.25, 0.3) is 77.6 Å². The highest BCUT2D eigenvalue weighted by atomic mass is 15.0. The zero-order valence-corrected chi connectivity index (χ0v) is 25.2. The molecular formula is C41H35N2+. The molecule has 2 aromatic heterocycles. The Morgan fingerprint density at radius 3 is 1.72 bits per heavy atom. The van der Waals surface area contributed by atoms with Crippen LogP contribution in [0, 0.1) is 12.8 Å².